The van der Waals surface area contributed by atoms with Crippen LogP contribution in [0.3, 0.4) is 0 Å². The smallest absolute Gasteiger partial charge is 0.0554 e. The van der Waals surface area contributed by atoms with Gasteiger partial charge in [0.25, 0.3) is 0 Å². The van der Waals surface area contributed by atoms with E-state index in [0.717, 1.165) is 10.9 Å². The molecule has 0 aromatic heterocycles. The molecule has 1 N–H and O–H groups in total. The van der Waals surface area contributed by atoms with E-state index >= 15 is 0 Å². The molecule has 2 aromatic rings. The van der Waals surface area contributed by atoms with Crippen LogP contribution in [0, 0.1) is 5.92 Å². The molecule has 0 saturated carbocycles. The average molecular weight is 326 g/mol. The van der Waals surface area contributed by atoms with Crippen molar-refractivity contribution in [1.82, 2.24) is 0 Å². The molecule has 3 atom stereocenters. The Kier molecular flexibility index (Phi) is 2.92. The van der Waals surface area contributed by atoms with E-state index in [9.17, 15) is 0 Å². The highest BCUT2D eigenvalue weighted by molar-refractivity contribution is 9.10. The molecule has 0 radical (unpaired) electrons. The third-order valence-electron chi connectivity index (χ3n) is 4.48. The van der Waals surface area contributed by atoms with Crippen molar-refractivity contribution in [3.8, 4) is 0 Å². The molecule has 0 saturated heterocycles. The molecule has 0 spiro atoms. The number of benzene rings is 2. The van der Waals surface area contributed by atoms with Gasteiger partial charge in [0.05, 0.1) is 6.04 Å². The summed E-state index contributed by atoms with van der Waals surface area (Å²) in [6.07, 6.45) is 5.88. The third-order valence-corrected chi connectivity index (χ3v) is 4.97. The summed E-state index contributed by atoms with van der Waals surface area (Å²) in [5.74, 6) is 1.18. The summed E-state index contributed by atoms with van der Waals surface area (Å²) in [4.78, 5) is 0. The predicted octanol–water partition coefficient (Wildman–Crippen LogP) is 5.28. The van der Waals surface area contributed by atoms with Gasteiger partial charge in [0.2, 0.25) is 0 Å². The molecule has 1 aliphatic carbocycles. The van der Waals surface area contributed by atoms with Crippen LogP contribution in [-0.4, -0.2) is 0 Å². The van der Waals surface area contributed by atoms with Gasteiger partial charge in [-0.05, 0) is 41.7 Å². The molecule has 4 rings (SSSR count). The van der Waals surface area contributed by atoms with Crippen molar-refractivity contribution in [3.63, 3.8) is 0 Å². The molecule has 0 bridgehead atoms. The van der Waals surface area contributed by atoms with Gasteiger partial charge in [0.15, 0.2) is 0 Å². The number of para-hydroxylation sites is 1. The summed E-state index contributed by atoms with van der Waals surface area (Å²) in [6.45, 7) is 0. The molecule has 0 unspecified atom stereocenters. The van der Waals surface area contributed by atoms with E-state index < -0.39 is 0 Å². The third kappa shape index (κ3) is 1.90. The van der Waals surface area contributed by atoms with Crippen LogP contribution in [0.2, 0.25) is 0 Å². The van der Waals surface area contributed by atoms with E-state index in [4.69, 9.17) is 0 Å². The van der Waals surface area contributed by atoms with Gasteiger partial charge in [-0.2, -0.15) is 0 Å². The van der Waals surface area contributed by atoms with Crippen LogP contribution >= 0.6 is 15.9 Å². The lowest BCUT2D eigenvalue weighted by molar-refractivity contribution is 0.425. The fourth-order valence-electron chi connectivity index (χ4n) is 3.57. The van der Waals surface area contributed by atoms with Crippen LogP contribution in [0.15, 0.2) is 65.2 Å². The minimum absolute atomic E-state index is 0.391. The maximum absolute atomic E-state index is 3.75. The minimum atomic E-state index is 0.391. The molecule has 100 valence electrons. The Morgan fingerprint density at radius 2 is 1.95 bits per heavy atom. The quantitative estimate of drug-likeness (QED) is 0.704. The second-order valence-corrected chi connectivity index (χ2v) is 6.53. The van der Waals surface area contributed by atoms with Crippen molar-refractivity contribution in [1.29, 1.82) is 0 Å². The zero-order valence-electron chi connectivity index (χ0n) is 11.1. The van der Waals surface area contributed by atoms with E-state index in [1.165, 1.54) is 16.8 Å². The number of rotatable bonds is 1. The van der Waals surface area contributed by atoms with Gasteiger partial charge in [0.1, 0.15) is 0 Å². The maximum Gasteiger partial charge on any atom is 0.0554 e. The highest BCUT2D eigenvalue weighted by Gasteiger charge is 2.37. The van der Waals surface area contributed by atoms with Crippen molar-refractivity contribution < 1.29 is 0 Å². The van der Waals surface area contributed by atoms with Crippen molar-refractivity contribution >= 4 is 21.6 Å². The zero-order valence-corrected chi connectivity index (χ0v) is 12.7. The number of hydrogen-bond donors (Lipinski definition) is 1. The molecular formula is C18H16BrN. The van der Waals surface area contributed by atoms with Crippen LogP contribution in [0.25, 0.3) is 0 Å². The van der Waals surface area contributed by atoms with Crippen molar-refractivity contribution in [2.45, 2.75) is 18.4 Å². The van der Waals surface area contributed by atoms with Gasteiger partial charge < -0.3 is 5.32 Å². The van der Waals surface area contributed by atoms with Gasteiger partial charge in [-0.1, -0.05) is 58.4 Å². The number of anilines is 1. The van der Waals surface area contributed by atoms with Crippen LogP contribution < -0.4 is 5.32 Å². The Hall–Kier alpha value is -1.54. The summed E-state index contributed by atoms with van der Waals surface area (Å²) in [5.41, 5.74) is 4.09. The van der Waals surface area contributed by atoms with Crippen molar-refractivity contribution in [3.05, 3.63) is 76.3 Å². The summed E-state index contributed by atoms with van der Waals surface area (Å²) in [7, 11) is 0. The molecule has 1 heterocycles. The van der Waals surface area contributed by atoms with Crippen LogP contribution in [0.4, 0.5) is 5.69 Å². The first-order valence-corrected chi connectivity index (χ1v) is 7.90. The molecule has 2 aromatic carbocycles. The molecule has 0 fully saturated rings. The van der Waals surface area contributed by atoms with Gasteiger partial charge in [0, 0.05) is 16.1 Å². The Labute approximate surface area is 127 Å². The molecule has 0 amide bonds. The Morgan fingerprint density at radius 1 is 1.05 bits per heavy atom. The average Bonchev–Trinajstić information content (AvgIpc) is 2.96. The number of nitrogens with one attached hydrogen (secondary N) is 1. The molecule has 1 nitrogen and oxygen atoms in total. The standard InChI is InChI=1S/C18H16BrN/c19-13-6-3-5-12(11-13)18-16-9-4-8-14(16)15-7-1-2-10-17(15)20-18/h1-8,10-11,14,16,18,20H,9H2/t14-,16-,18-/m1/s1. The fraction of sp³-hybridized carbons (Fsp3) is 0.222. The van der Waals surface area contributed by atoms with Gasteiger partial charge >= 0.3 is 0 Å². The largest absolute Gasteiger partial charge is 0.378 e. The van der Waals surface area contributed by atoms with E-state index in [1.807, 2.05) is 0 Å². The van der Waals surface area contributed by atoms with E-state index in [-0.39, 0.29) is 0 Å². The minimum Gasteiger partial charge on any atom is -0.378 e. The number of fused-ring (bicyclic) bond motifs is 3. The summed E-state index contributed by atoms with van der Waals surface area (Å²) in [6, 6.07) is 17.8. The fourth-order valence-corrected chi connectivity index (χ4v) is 3.99. The summed E-state index contributed by atoms with van der Waals surface area (Å²) in [5, 5.41) is 3.75. The Balaban J connectivity index is 1.80. The predicted molar refractivity (Wildman–Crippen MR) is 86.9 cm³/mol. The van der Waals surface area contributed by atoms with E-state index in [2.05, 4.69) is 81.9 Å². The summed E-state index contributed by atoms with van der Waals surface area (Å²) < 4.78 is 1.15. The lowest BCUT2D eigenvalue weighted by Crippen LogP contribution is -2.28. The Morgan fingerprint density at radius 3 is 2.85 bits per heavy atom. The van der Waals surface area contributed by atoms with Crippen molar-refractivity contribution in [2.75, 3.05) is 5.32 Å². The van der Waals surface area contributed by atoms with E-state index in [1.54, 1.807) is 0 Å². The highest BCUT2D eigenvalue weighted by atomic mass is 79.9. The van der Waals surface area contributed by atoms with Gasteiger partial charge in [-0.15, -0.1) is 0 Å². The van der Waals surface area contributed by atoms with Crippen molar-refractivity contribution in [2.24, 2.45) is 5.92 Å². The maximum atomic E-state index is 3.75. The van der Waals surface area contributed by atoms with Gasteiger partial charge in [-0.3, -0.25) is 0 Å². The van der Waals surface area contributed by atoms with Crippen LogP contribution in [0.1, 0.15) is 29.5 Å². The van der Waals surface area contributed by atoms with Crippen LogP contribution in [0.5, 0.6) is 0 Å². The van der Waals surface area contributed by atoms with E-state index in [0.29, 0.717) is 17.9 Å². The Bertz CT molecular complexity index is 677. The first kappa shape index (κ1) is 12.2. The topological polar surface area (TPSA) is 12.0 Å². The lowest BCUT2D eigenvalue weighted by atomic mass is 9.77. The highest BCUT2D eigenvalue weighted by Crippen LogP contribution is 2.49. The summed E-state index contributed by atoms with van der Waals surface area (Å²) >= 11 is 3.59. The zero-order chi connectivity index (χ0) is 13.5. The number of halogens is 1. The molecule has 2 aliphatic rings. The second kappa shape index (κ2) is 4.78. The SMILES string of the molecule is Brc1cccc([C@H]2Nc3ccccc3[C@H]3C=CC[C@H]32)c1. The molecular weight excluding hydrogens is 310 g/mol. The molecule has 1 aliphatic heterocycles. The van der Waals surface area contributed by atoms with Gasteiger partial charge in [-0.25, -0.2) is 0 Å². The lowest BCUT2D eigenvalue weighted by Gasteiger charge is -2.37. The second-order valence-electron chi connectivity index (χ2n) is 5.62. The monoisotopic (exact) mass is 325 g/mol. The molecule has 20 heavy (non-hydrogen) atoms. The first-order valence-electron chi connectivity index (χ1n) is 7.10. The number of hydrogen-bond acceptors (Lipinski definition) is 1. The van der Waals surface area contributed by atoms with Crippen LogP contribution in [-0.2, 0) is 0 Å². The molecule has 2 heteroatoms. The first-order chi connectivity index (χ1) is 9.83. The number of allylic oxidation sites excluding steroid dienone is 2. The normalized spacial score (nSPS) is 26.8.